The van der Waals surface area contributed by atoms with Gasteiger partial charge in [-0.1, -0.05) is 54.6 Å². The minimum Gasteiger partial charge on any atom is -0.457 e. The number of hydrogen-bond acceptors (Lipinski definition) is 3. The molecule has 0 aliphatic heterocycles. The molecule has 0 bridgehead atoms. The van der Waals surface area contributed by atoms with Gasteiger partial charge in [0.05, 0.1) is 5.52 Å². The third-order valence-electron chi connectivity index (χ3n) is 4.67. The van der Waals surface area contributed by atoms with Gasteiger partial charge in [-0.2, -0.15) is 0 Å². The van der Waals surface area contributed by atoms with Crippen LogP contribution in [0, 0.1) is 0 Å². The van der Waals surface area contributed by atoms with E-state index in [0.29, 0.717) is 0 Å². The van der Waals surface area contributed by atoms with Gasteiger partial charge < -0.3 is 15.0 Å². The van der Waals surface area contributed by atoms with Crippen molar-refractivity contribution in [3.05, 3.63) is 103 Å². The number of ether oxygens (including phenoxy) is 1. The highest BCUT2D eigenvalue weighted by Gasteiger charge is 2.06. The van der Waals surface area contributed by atoms with E-state index in [0.717, 1.165) is 45.2 Å². The van der Waals surface area contributed by atoms with Gasteiger partial charge in [0.25, 0.3) is 0 Å². The van der Waals surface area contributed by atoms with Gasteiger partial charge in [0.15, 0.2) is 0 Å². The molecule has 0 unspecified atom stereocenters. The van der Waals surface area contributed by atoms with E-state index >= 15 is 0 Å². The van der Waals surface area contributed by atoms with Crippen LogP contribution in [0.5, 0.6) is 11.5 Å². The topological polar surface area (TPSA) is 49.9 Å². The number of hydrogen-bond donors (Lipinski definition) is 2. The van der Waals surface area contributed by atoms with Crippen LogP contribution in [0.3, 0.4) is 0 Å². The highest BCUT2D eigenvalue weighted by Crippen LogP contribution is 2.28. The molecule has 4 heteroatoms. The van der Waals surface area contributed by atoms with Gasteiger partial charge in [0.1, 0.15) is 17.3 Å². The van der Waals surface area contributed by atoms with E-state index < -0.39 is 0 Å². The second-order valence-corrected chi connectivity index (χ2v) is 6.77. The predicted molar refractivity (Wildman–Crippen MR) is 118 cm³/mol. The zero-order valence-electron chi connectivity index (χ0n) is 15.7. The summed E-state index contributed by atoms with van der Waals surface area (Å²) in [7, 11) is 0. The van der Waals surface area contributed by atoms with Crippen molar-refractivity contribution in [3.63, 3.8) is 0 Å². The largest absolute Gasteiger partial charge is 0.457 e. The SMILES string of the molecule is c1ccc(Oc2cccc(Nc3cc4[nH]c(-c5ccccc5)cc4cn3)c2)cc1. The average Bonchev–Trinajstić information content (AvgIpc) is 3.19. The number of aromatic nitrogens is 2. The molecule has 0 radical (unpaired) electrons. The van der Waals surface area contributed by atoms with E-state index in [4.69, 9.17) is 4.74 Å². The Bertz CT molecular complexity index is 1250. The molecule has 5 aromatic rings. The van der Waals surface area contributed by atoms with E-state index in [1.165, 1.54) is 0 Å². The van der Waals surface area contributed by atoms with E-state index in [9.17, 15) is 0 Å². The van der Waals surface area contributed by atoms with Crippen molar-refractivity contribution < 1.29 is 4.74 Å². The molecule has 29 heavy (non-hydrogen) atoms. The Kier molecular flexibility index (Phi) is 4.43. The molecule has 2 aromatic heterocycles. The summed E-state index contributed by atoms with van der Waals surface area (Å²) in [5.74, 6) is 2.35. The average molecular weight is 377 g/mol. The minimum atomic E-state index is 0.772. The van der Waals surface area contributed by atoms with Crippen LogP contribution in [0.15, 0.2) is 103 Å². The van der Waals surface area contributed by atoms with Crippen molar-refractivity contribution in [3.8, 4) is 22.8 Å². The molecule has 4 nitrogen and oxygen atoms in total. The Morgan fingerprint density at radius 3 is 2.31 bits per heavy atom. The fraction of sp³-hybridized carbons (Fsp3) is 0. The smallest absolute Gasteiger partial charge is 0.132 e. The highest BCUT2D eigenvalue weighted by atomic mass is 16.5. The lowest BCUT2D eigenvalue weighted by Gasteiger charge is -2.09. The molecule has 2 N–H and O–H groups in total. The molecular formula is C25H19N3O. The third-order valence-corrected chi connectivity index (χ3v) is 4.67. The number of fused-ring (bicyclic) bond motifs is 1. The molecular weight excluding hydrogens is 358 g/mol. The van der Waals surface area contributed by atoms with Gasteiger partial charge in [-0.15, -0.1) is 0 Å². The number of para-hydroxylation sites is 1. The fourth-order valence-corrected chi connectivity index (χ4v) is 3.28. The Labute approximate surface area is 168 Å². The lowest BCUT2D eigenvalue weighted by atomic mass is 10.1. The lowest BCUT2D eigenvalue weighted by molar-refractivity contribution is 0.483. The number of anilines is 2. The summed E-state index contributed by atoms with van der Waals surface area (Å²) in [6.07, 6.45) is 1.88. The summed E-state index contributed by atoms with van der Waals surface area (Å²) in [5, 5.41) is 4.44. The van der Waals surface area contributed by atoms with E-state index in [1.54, 1.807) is 0 Å². The Hall–Kier alpha value is -4.05. The fourth-order valence-electron chi connectivity index (χ4n) is 3.28. The van der Waals surface area contributed by atoms with Gasteiger partial charge in [-0.3, -0.25) is 0 Å². The van der Waals surface area contributed by atoms with Crippen molar-refractivity contribution in [2.75, 3.05) is 5.32 Å². The van der Waals surface area contributed by atoms with Crippen molar-refractivity contribution in [1.82, 2.24) is 9.97 Å². The zero-order chi connectivity index (χ0) is 19.5. The van der Waals surface area contributed by atoms with E-state index in [1.807, 2.05) is 85.1 Å². The first-order valence-electron chi connectivity index (χ1n) is 9.48. The van der Waals surface area contributed by atoms with Crippen LogP contribution in [0.1, 0.15) is 0 Å². The maximum Gasteiger partial charge on any atom is 0.132 e. The molecule has 0 amide bonds. The van der Waals surface area contributed by atoms with Gasteiger partial charge in [0.2, 0.25) is 0 Å². The first-order valence-corrected chi connectivity index (χ1v) is 9.48. The maximum absolute atomic E-state index is 5.91. The van der Waals surface area contributed by atoms with Crippen molar-refractivity contribution in [2.45, 2.75) is 0 Å². The second-order valence-electron chi connectivity index (χ2n) is 6.77. The first-order chi connectivity index (χ1) is 14.3. The number of aromatic amines is 1. The standard InChI is InChI=1S/C25H19N3O/c1-3-8-18(9-4-1)23-14-19-17-26-25(16-24(19)28-23)27-20-10-7-13-22(15-20)29-21-11-5-2-6-12-21/h1-17,28H,(H,26,27). The van der Waals surface area contributed by atoms with Crippen LogP contribution in [0.2, 0.25) is 0 Å². The predicted octanol–water partition coefficient (Wildman–Crippen LogP) is 6.77. The molecule has 0 fully saturated rings. The van der Waals surface area contributed by atoms with Crippen LogP contribution in [0.25, 0.3) is 22.2 Å². The molecule has 0 aliphatic rings. The zero-order valence-corrected chi connectivity index (χ0v) is 15.7. The summed E-state index contributed by atoms with van der Waals surface area (Å²) in [6, 6.07) is 32.0. The maximum atomic E-state index is 5.91. The summed E-state index contributed by atoms with van der Waals surface area (Å²) in [5.41, 5.74) is 4.19. The molecule has 0 atom stereocenters. The Morgan fingerprint density at radius 1 is 0.724 bits per heavy atom. The van der Waals surface area contributed by atoms with Crippen molar-refractivity contribution in [1.29, 1.82) is 0 Å². The van der Waals surface area contributed by atoms with Crippen molar-refractivity contribution >= 4 is 22.4 Å². The van der Waals surface area contributed by atoms with Gasteiger partial charge in [-0.25, -0.2) is 4.98 Å². The summed E-state index contributed by atoms with van der Waals surface area (Å²) < 4.78 is 5.91. The van der Waals surface area contributed by atoms with Gasteiger partial charge in [0, 0.05) is 35.1 Å². The lowest BCUT2D eigenvalue weighted by Crippen LogP contribution is -1.93. The van der Waals surface area contributed by atoms with E-state index in [-0.39, 0.29) is 0 Å². The van der Waals surface area contributed by atoms with Crippen LogP contribution < -0.4 is 10.1 Å². The van der Waals surface area contributed by atoms with Crippen LogP contribution >= 0.6 is 0 Å². The monoisotopic (exact) mass is 377 g/mol. The highest BCUT2D eigenvalue weighted by molar-refractivity contribution is 5.87. The van der Waals surface area contributed by atoms with Crippen LogP contribution in [-0.4, -0.2) is 9.97 Å². The summed E-state index contributed by atoms with van der Waals surface area (Å²) in [6.45, 7) is 0. The molecule has 0 aliphatic carbocycles. The molecule has 0 saturated heterocycles. The first kappa shape index (κ1) is 17.1. The van der Waals surface area contributed by atoms with Crippen molar-refractivity contribution in [2.24, 2.45) is 0 Å². The van der Waals surface area contributed by atoms with Gasteiger partial charge >= 0.3 is 0 Å². The molecule has 5 rings (SSSR count). The number of nitrogens with zero attached hydrogens (tertiary/aromatic N) is 1. The number of benzene rings is 3. The molecule has 140 valence electrons. The minimum absolute atomic E-state index is 0.772. The normalized spacial score (nSPS) is 10.8. The number of pyridine rings is 1. The molecule has 3 aromatic carbocycles. The third kappa shape index (κ3) is 3.82. The van der Waals surface area contributed by atoms with Crippen LogP contribution in [-0.2, 0) is 0 Å². The molecule has 0 spiro atoms. The van der Waals surface area contributed by atoms with Gasteiger partial charge in [-0.05, 0) is 35.9 Å². The quantitative estimate of drug-likeness (QED) is 0.355. The number of rotatable bonds is 5. The Morgan fingerprint density at radius 2 is 1.48 bits per heavy atom. The van der Waals surface area contributed by atoms with E-state index in [2.05, 4.69) is 33.5 Å². The van der Waals surface area contributed by atoms with Crippen LogP contribution in [0.4, 0.5) is 11.5 Å². The number of H-pyrrole nitrogens is 1. The summed E-state index contributed by atoms with van der Waals surface area (Å²) in [4.78, 5) is 8.03. The molecule has 0 saturated carbocycles. The summed E-state index contributed by atoms with van der Waals surface area (Å²) >= 11 is 0. The number of nitrogens with one attached hydrogen (secondary N) is 2. The second kappa shape index (κ2) is 7.52. The molecule has 2 heterocycles. The Balaban J connectivity index is 1.38.